The standard InChI is InChI=1S/C14H18N2O2/c1-3-10(15-4-2)9-16-13(17)11-7-5-6-8-12(11)14(16)18/h5-8,10,15H,3-4,9H2,1-2H3. The van der Waals surface area contributed by atoms with Crippen LogP contribution in [0.25, 0.3) is 0 Å². The van der Waals surface area contributed by atoms with Gasteiger partial charge in [-0.05, 0) is 25.1 Å². The number of imide groups is 1. The average Bonchev–Trinajstić information content (AvgIpc) is 2.64. The topological polar surface area (TPSA) is 49.4 Å². The van der Waals surface area contributed by atoms with Crippen molar-refractivity contribution in [3.8, 4) is 0 Å². The molecule has 1 aromatic carbocycles. The van der Waals surface area contributed by atoms with E-state index in [0.717, 1.165) is 13.0 Å². The zero-order valence-electron chi connectivity index (χ0n) is 10.8. The number of carbonyl (C=O) groups is 2. The Morgan fingerprint density at radius 2 is 1.67 bits per heavy atom. The second kappa shape index (κ2) is 5.31. The summed E-state index contributed by atoms with van der Waals surface area (Å²) in [5, 5.41) is 3.28. The molecule has 4 nitrogen and oxygen atoms in total. The number of rotatable bonds is 5. The van der Waals surface area contributed by atoms with E-state index in [2.05, 4.69) is 5.32 Å². The summed E-state index contributed by atoms with van der Waals surface area (Å²) in [5.41, 5.74) is 1.04. The minimum Gasteiger partial charge on any atom is -0.312 e. The maximum Gasteiger partial charge on any atom is 0.261 e. The SMILES string of the molecule is CCNC(CC)CN1C(=O)c2ccccc2C1=O. The number of carbonyl (C=O) groups excluding carboxylic acids is 2. The predicted octanol–water partition coefficient (Wildman–Crippen LogP) is 1.67. The molecule has 4 heteroatoms. The number of nitrogens with zero attached hydrogens (tertiary/aromatic N) is 1. The minimum absolute atomic E-state index is 0.164. The molecule has 1 aliphatic heterocycles. The van der Waals surface area contributed by atoms with Gasteiger partial charge in [0.05, 0.1) is 11.1 Å². The molecule has 0 bridgehead atoms. The third-order valence-corrected chi connectivity index (χ3v) is 3.27. The lowest BCUT2D eigenvalue weighted by Crippen LogP contribution is -2.43. The largest absolute Gasteiger partial charge is 0.312 e. The molecule has 1 aliphatic rings. The fourth-order valence-electron chi connectivity index (χ4n) is 2.25. The molecule has 0 spiro atoms. The van der Waals surface area contributed by atoms with E-state index in [1.807, 2.05) is 13.8 Å². The van der Waals surface area contributed by atoms with Crippen LogP contribution in [0.3, 0.4) is 0 Å². The van der Waals surface area contributed by atoms with E-state index >= 15 is 0 Å². The van der Waals surface area contributed by atoms with Crippen LogP contribution < -0.4 is 5.32 Å². The molecule has 96 valence electrons. The molecule has 18 heavy (non-hydrogen) atoms. The summed E-state index contributed by atoms with van der Waals surface area (Å²) < 4.78 is 0. The van der Waals surface area contributed by atoms with Crippen molar-refractivity contribution in [3.63, 3.8) is 0 Å². The molecular formula is C14H18N2O2. The first-order chi connectivity index (χ1) is 8.69. The van der Waals surface area contributed by atoms with Crippen molar-refractivity contribution in [2.75, 3.05) is 13.1 Å². The summed E-state index contributed by atoms with van der Waals surface area (Å²) in [4.78, 5) is 25.6. The van der Waals surface area contributed by atoms with Crippen LogP contribution in [0.2, 0.25) is 0 Å². The van der Waals surface area contributed by atoms with Gasteiger partial charge in [0.15, 0.2) is 0 Å². The van der Waals surface area contributed by atoms with E-state index in [9.17, 15) is 9.59 Å². The summed E-state index contributed by atoms with van der Waals surface area (Å²) in [6.45, 7) is 5.34. The smallest absolute Gasteiger partial charge is 0.261 e. The van der Waals surface area contributed by atoms with Gasteiger partial charge in [-0.3, -0.25) is 14.5 Å². The number of hydrogen-bond acceptors (Lipinski definition) is 3. The Morgan fingerprint density at radius 1 is 1.11 bits per heavy atom. The van der Waals surface area contributed by atoms with Crippen molar-refractivity contribution < 1.29 is 9.59 Å². The molecule has 1 heterocycles. The lowest BCUT2D eigenvalue weighted by Gasteiger charge is -2.21. The molecule has 2 rings (SSSR count). The number of likely N-dealkylation sites (N-methyl/N-ethyl adjacent to an activating group) is 1. The molecule has 0 radical (unpaired) electrons. The van der Waals surface area contributed by atoms with Gasteiger partial charge in [0.1, 0.15) is 0 Å². The first-order valence-corrected chi connectivity index (χ1v) is 6.37. The van der Waals surface area contributed by atoms with Crippen molar-refractivity contribution in [2.24, 2.45) is 0 Å². The molecule has 1 unspecified atom stereocenters. The van der Waals surface area contributed by atoms with Gasteiger partial charge in [0, 0.05) is 12.6 Å². The molecule has 0 fully saturated rings. The molecule has 1 N–H and O–H groups in total. The van der Waals surface area contributed by atoms with Crippen LogP contribution in [-0.4, -0.2) is 35.8 Å². The van der Waals surface area contributed by atoms with Crippen LogP contribution in [0, 0.1) is 0 Å². The maximum atomic E-state index is 12.1. The van der Waals surface area contributed by atoms with Crippen LogP contribution in [0.1, 0.15) is 41.0 Å². The summed E-state index contributed by atoms with van der Waals surface area (Å²) in [6, 6.07) is 7.16. The van der Waals surface area contributed by atoms with Crippen LogP contribution >= 0.6 is 0 Å². The van der Waals surface area contributed by atoms with Gasteiger partial charge in [-0.25, -0.2) is 0 Å². The quantitative estimate of drug-likeness (QED) is 0.804. The van der Waals surface area contributed by atoms with Crippen LogP contribution in [0.4, 0.5) is 0 Å². The zero-order chi connectivity index (χ0) is 13.1. The number of amides is 2. The second-order valence-electron chi connectivity index (χ2n) is 4.43. The highest BCUT2D eigenvalue weighted by Crippen LogP contribution is 2.22. The minimum atomic E-state index is -0.174. The highest BCUT2D eigenvalue weighted by atomic mass is 16.2. The van der Waals surface area contributed by atoms with E-state index < -0.39 is 0 Å². The molecule has 2 amide bonds. The van der Waals surface area contributed by atoms with Gasteiger partial charge < -0.3 is 5.32 Å². The van der Waals surface area contributed by atoms with Crippen molar-refractivity contribution in [1.82, 2.24) is 10.2 Å². The number of hydrogen-bond donors (Lipinski definition) is 1. The third kappa shape index (κ3) is 2.16. The van der Waals surface area contributed by atoms with Crippen molar-refractivity contribution in [2.45, 2.75) is 26.3 Å². The maximum absolute atomic E-state index is 12.1. The fraction of sp³-hybridized carbons (Fsp3) is 0.429. The van der Waals surface area contributed by atoms with Gasteiger partial charge in [-0.15, -0.1) is 0 Å². The lowest BCUT2D eigenvalue weighted by molar-refractivity contribution is 0.0638. The Bertz CT molecular complexity index is 436. The third-order valence-electron chi connectivity index (χ3n) is 3.27. The van der Waals surface area contributed by atoms with Gasteiger partial charge in [-0.1, -0.05) is 26.0 Å². The van der Waals surface area contributed by atoms with Gasteiger partial charge >= 0.3 is 0 Å². The average molecular weight is 246 g/mol. The highest BCUT2D eigenvalue weighted by molar-refractivity contribution is 6.21. The molecule has 1 atom stereocenters. The summed E-state index contributed by atoms with van der Waals surface area (Å²) in [6.07, 6.45) is 0.890. The van der Waals surface area contributed by atoms with Crippen molar-refractivity contribution in [3.05, 3.63) is 35.4 Å². The highest BCUT2D eigenvalue weighted by Gasteiger charge is 2.35. The van der Waals surface area contributed by atoms with Gasteiger partial charge in [0.25, 0.3) is 11.8 Å². The normalized spacial score (nSPS) is 16.0. The number of benzene rings is 1. The summed E-state index contributed by atoms with van der Waals surface area (Å²) in [5.74, 6) is -0.348. The second-order valence-corrected chi connectivity index (χ2v) is 4.43. The number of fused-ring (bicyclic) bond motifs is 1. The molecule has 0 saturated heterocycles. The van der Waals surface area contributed by atoms with E-state index in [1.54, 1.807) is 24.3 Å². The van der Waals surface area contributed by atoms with Crippen molar-refractivity contribution >= 4 is 11.8 Å². The first-order valence-electron chi connectivity index (χ1n) is 6.37. The summed E-state index contributed by atoms with van der Waals surface area (Å²) >= 11 is 0. The van der Waals surface area contributed by atoms with E-state index in [1.165, 1.54) is 4.90 Å². The number of nitrogens with one attached hydrogen (secondary N) is 1. The molecule has 0 saturated carbocycles. The fourth-order valence-corrected chi connectivity index (χ4v) is 2.25. The van der Waals surface area contributed by atoms with Crippen LogP contribution in [0.5, 0.6) is 0 Å². The van der Waals surface area contributed by atoms with Gasteiger partial charge in [0.2, 0.25) is 0 Å². The predicted molar refractivity (Wildman–Crippen MR) is 69.6 cm³/mol. The Balaban J connectivity index is 2.18. The first kappa shape index (κ1) is 12.8. The van der Waals surface area contributed by atoms with Crippen LogP contribution in [0.15, 0.2) is 24.3 Å². The van der Waals surface area contributed by atoms with Crippen LogP contribution in [-0.2, 0) is 0 Å². The Labute approximate surface area is 107 Å². The Morgan fingerprint density at radius 3 is 2.11 bits per heavy atom. The van der Waals surface area contributed by atoms with E-state index in [-0.39, 0.29) is 17.9 Å². The summed E-state index contributed by atoms with van der Waals surface area (Å²) in [7, 11) is 0. The molecule has 1 aromatic rings. The molecule has 0 aliphatic carbocycles. The van der Waals surface area contributed by atoms with Crippen molar-refractivity contribution in [1.29, 1.82) is 0 Å². The van der Waals surface area contributed by atoms with E-state index in [4.69, 9.17) is 0 Å². The zero-order valence-corrected chi connectivity index (χ0v) is 10.8. The van der Waals surface area contributed by atoms with E-state index in [0.29, 0.717) is 17.7 Å². The molecular weight excluding hydrogens is 228 g/mol. The Hall–Kier alpha value is -1.68. The molecule has 0 aromatic heterocycles. The van der Waals surface area contributed by atoms with Gasteiger partial charge in [-0.2, -0.15) is 0 Å². The monoisotopic (exact) mass is 246 g/mol. The lowest BCUT2D eigenvalue weighted by atomic mass is 10.1. The Kier molecular flexibility index (Phi) is 3.77.